The van der Waals surface area contributed by atoms with Crippen LogP contribution < -0.4 is 0 Å². The van der Waals surface area contributed by atoms with Crippen molar-refractivity contribution in [2.24, 2.45) is 0 Å². The van der Waals surface area contributed by atoms with Crippen LogP contribution in [0.1, 0.15) is 49.0 Å². The van der Waals surface area contributed by atoms with E-state index in [0.717, 1.165) is 5.56 Å². The summed E-state index contributed by atoms with van der Waals surface area (Å²) in [7, 11) is 0. The maximum Gasteiger partial charge on any atom is 0.223 e. The van der Waals surface area contributed by atoms with Crippen LogP contribution in [0.15, 0.2) is 48.8 Å². The molecule has 1 aromatic carbocycles. The number of hydrogen-bond acceptors (Lipinski definition) is 3. The summed E-state index contributed by atoms with van der Waals surface area (Å²) >= 11 is 0. The van der Waals surface area contributed by atoms with Gasteiger partial charge in [0.15, 0.2) is 0 Å². The number of pyridine rings is 1. The van der Waals surface area contributed by atoms with Crippen LogP contribution in [-0.2, 0) is 9.53 Å². The lowest BCUT2D eigenvalue weighted by atomic mass is 9.96. The van der Waals surface area contributed by atoms with Crippen LogP contribution >= 0.6 is 0 Å². The number of ether oxygens (including phenoxy) is 1. The van der Waals surface area contributed by atoms with Gasteiger partial charge in [-0.2, -0.15) is 0 Å². The highest BCUT2D eigenvalue weighted by atomic mass is 16.5. The molecule has 0 radical (unpaired) electrons. The Bertz CT molecular complexity index is 717. The van der Waals surface area contributed by atoms with E-state index in [1.54, 1.807) is 12.4 Å². The molecule has 1 fully saturated rings. The maximum absolute atomic E-state index is 12.9. The largest absolute Gasteiger partial charge is 0.370 e. The van der Waals surface area contributed by atoms with Gasteiger partial charge in [0.2, 0.25) is 5.91 Å². The number of carbonyl (C=O) groups is 1. The molecule has 4 heteroatoms. The molecule has 0 unspecified atom stereocenters. The van der Waals surface area contributed by atoms with Crippen molar-refractivity contribution in [1.82, 2.24) is 9.88 Å². The number of hydrogen-bond donors (Lipinski definition) is 0. The SMILES string of the molecule is Cc1ccccc1[C@@H]1CN(C(=O)C[C@H](C)c2ccncc2)[C@H](C)CO1. The van der Waals surface area contributed by atoms with E-state index in [2.05, 4.69) is 37.9 Å². The Hall–Kier alpha value is -2.20. The molecule has 4 nitrogen and oxygen atoms in total. The number of carbonyl (C=O) groups excluding carboxylic acids is 1. The molecule has 0 bridgehead atoms. The van der Waals surface area contributed by atoms with Crippen molar-refractivity contribution in [3.05, 3.63) is 65.5 Å². The summed E-state index contributed by atoms with van der Waals surface area (Å²) in [6.45, 7) is 7.44. The second-order valence-corrected chi connectivity index (χ2v) is 6.96. The first-order valence-corrected chi connectivity index (χ1v) is 8.92. The first kappa shape index (κ1) is 17.6. The summed E-state index contributed by atoms with van der Waals surface area (Å²) in [5.41, 5.74) is 3.54. The second-order valence-electron chi connectivity index (χ2n) is 6.96. The summed E-state index contributed by atoms with van der Waals surface area (Å²) in [5, 5.41) is 0. The molecule has 1 saturated heterocycles. The van der Waals surface area contributed by atoms with Gasteiger partial charge < -0.3 is 9.64 Å². The number of amides is 1. The van der Waals surface area contributed by atoms with E-state index in [4.69, 9.17) is 4.74 Å². The average molecular weight is 338 g/mol. The molecule has 3 atom stereocenters. The molecule has 1 amide bonds. The molecule has 132 valence electrons. The molecular weight excluding hydrogens is 312 g/mol. The van der Waals surface area contributed by atoms with Gasteiger partial charge in [-0.15, -0.1) is 0 Å². The van der Waals surface area contributed by atoms with Crippen molar-refractivity contribution in [2.75, 3.05) is 13.2 Å². The maximum atomic E-state index is 12.9. The number of benzene rings is 1. The third-order valence-corrected chi connectivity index (χ3v) is 5.04. The highest BCUT2D eigenvalue weighted by Crippen LogP contribution is 2.29. The minimum atomic E-state index is -0.0439. The summed E-state index contributed by atoms with van der Waals surface area (Å²) in [6.07, 6.45) is 4.02. The molecule has 0 aliphatic carbocycles. The number of nitrogens with zero attached hydrogens (tertiary/aromatic N) is 2. The van der Waals surface area contributed by atoms with Gasteiger partial charge >= 0.3 is 0 Å². The van der Waals surface area contributed by atoms with Crippen molar-refractivity contribution >= 4 is 5.91 Å². The number of rotatable bonds is 4. The standard InChI is InChI=1S/C21H26N2O2/c1-15-6-4-5-7-19(15)20-13-23(17(3)14-25-20)21(24)12-16(2)18-8-10-22-11-9-18/h4-11,16-17,20H,12-14H2,1-3H3/t16-,17+,20-/m0/s1. The normalized spacial score (nSPS) is 21.8. The monoisotopic (exact) mass is 338 g/mol. The molecule has 3 rings (SSSR count). The van der Waals surface area contributed by atoms with Crippen molar-refractivity contribution in [3.8, 4) is 0 Å². The van der Waals surface area contributed by atoms with Crippen molar-refractivity contribution in [3.63, 3.8) is 0 Å². The van der Waals surface area contributed by atoms with Gasteiger partial charge in [0.25, 0.3) is 0 Å². The number of aryl methyl sites for hydroxylation is 1. The van der Waals surface area contributed by atoms with Crippen LogP contribution in [0.3, 0.4) is 0 Å². The summed E-state index contributed by atoms with van der Waals surface area (Å²) < 4.78 is 6.02. The fourth-order valence-electron chi connectivity index (χ4n) is 3.43. The molecule has 2 aromatic rings. The van der Waals surface area contributed by atoms with Gasteiger partial charge in [0, 0.05) is 18.8 Å². The highest BCUT2D eigenvalue weighted by Gasteiger charge is 2.31. The second kappa shape index (κ2) is 7.79. The molecule has 2 heterocycles. The lowest BCUT2D eigenvalue weighted by Crippen LogP contribution is -2.48. The summed E-state index contributed by atoms with van der Waals surface area (Å²) in [5.74, 6) is 0.376. The summed E-state index contributed by atoms with van der Waals surface area (Å²) in [6, 6.07) is 12.3. The zero-order valence-electron chi connectivity index (χ0n) is 15.2. The Morgan fingerprint density at radius 3 is 2.72 bits per heavy atom. The van der Waals surface area contributed by atoms with E-state index in [-0.39, 0.29) is 24.0 Å². The predicted molar refractivity (Wildman–Crippen MR) is 98.3 cm³/mol. The Morgan fingerprint density at radius 1 is 1.28 bits per heavy atom. The molecule has 1 aromatic heterocycles. The van der Waals surface area contributed by atoms with E-state index < -0.39 is 0 Å². The number of morpholine rings is 1. The Kier molecular flexibility index (Phi) is 5.49. The minimum Gasteiger partial charge on any atom is -0.370 e. The average Bonchev–Trinajstić information content (AvgIpc) is 2.63. The Morgan fingerprint density at radius 2 is 2.00 bits per heavy atom. The summed E-state index contributed by atoms with van der Waals surface area (Å²) in [4.78, 5) is 18.9. The van der Waals surface area contributed by atoms with Gasteiger partial charge in [-0.1, -0.05) is 31.2 Å². The van der Waals surface area contributed by atoms with Crippen LogP contribution in [0.2, 0.25) is 0 Å². The van der Waals surface area contributed by atoms with Crippen molar-refractivity contribution in [1.29, 1.82) is 0 Å². The first-order valence-electron chi connectivity index (χ1n) is 8.92. The van der Waals surface area contributed by atoms with Crippen LogP contribution in [0.25, 0.3) is 0 Å². The zero-order chi connectivity index (χ0) is 17.8. The molecule has 0 N–H and O–H groups in total. The van der Waals surface area contributed by atoms with E-state index in [1.807, 2.05) is 29.2 Å². The zero-order valence-corrected chi connectivity index (χ0v) is 15.2. The van der Waals surface area contributed by atoms with E-state index in [1.165, 1.54) is 11.1 Å². The van der Waals surface area contributed by atoms with Gasteiger partial charge in [-0.3, -0.25) is 9.78 Å². The minimum absolute atomic E-state index is 0.0439. The van der Waals surface area contributed by atoms with Gasteiger partial charge in [0.1, 0.15) is 6.10 Å². The van der Waals surface area contributed by atoms with Gasteiger partial charge in [-0.05, 0) is 48.6 Å². The van der Waals surface area contributed by atoms with Crippen molar-refractivity contribution in [2.45, 2.75) is 45.3 Å². The van der Waals surface area contributed by atoms with Gasteiger partial charge in [-0.25, -0.2) is 0 Å². The molecule has 25 heavy (non-hydrogen) atoms. The first-order chi connectivity index (χ1) is 12.1. The smallest absolute Gasteiger partial charge is 0.223 e. The molecule has 1 aliphatic rings. The third-order valence-electron chi connectivity index (χ3n) is 5.04. The fourth-order valence-corrected chi connectivity index (χ4v) is 3.43. The van der Waals surface area contributed by atoms with Crippen LogP contribution in [0, 0.1) is 6.92 Å². The van der Waals surface area contributed by atoms with Crippen LogP contribution in [-0.4, -0.2) is 35.0 Å². The molecule has 0 spiro atoms. The van der Waals surface area contributed by atoms with Crippen LogP contribution in [0.4, 0.5) is 0 Å². The van der Waals surface area contributed by atoms with E-state index >= 15 is 0 Å². The quantitative estimate of drug-likeness (QED) is 0.850. The topological polar surface area (TPSA) is 42.4 Å². The van der Waals surface area contributed by atoms with E-state index in [9.17, 15) is 4.79 Å². The molecule has 1 aliphatic heterocycles. The third kappa shape index (κ3) is 4.07. The Labute approximate surface area is 149 Å². The lowest BCUT2D eigenvalue weighted by molar-refractivity contribution is -0.144. The predicted octanol–water partition coefficient (Wildman–Crippen LogP) is 3.87. The van der Waals surface area contributed by atoms with Crippen molar-refractivity contribution < 1.29 is 9.53 Å². The van der Waals surface area contributed by atoms with Crippen LogP contribution in [0.5, 0.6) is 0 Å². The fraction of sp³-hybridized carbons (Fsp3) is 0.429. The van der Waals surface area contributed by atoms with Gasteiger partial charge in [0.05, 0.1) is 19.2 Å². The number of aromatic nitrogens is 1. The lowest BCUT2D eigenvalue weighted by Gasteiger charge is -2.39. The molecule has 0 saturated carbocycles. The highest BCUT2D eigenvalue weighted by molar-refractivity contribution is 5.77. The molecular formula is C21H26N2O2. The van der Waals surface area contributed by atoms with E-state index in [0.29, 0.717) is 19.6 Å². The Balaban J connectivity index is 1.69.